The van der Waals surface area contributed by atoms with Gasteiger partial charge >= 0.3 is 0 Å². The number of hydrogen-bond acceptors (Lipinski definition) is 3. The van der Waals surface area contributed by atoms with E-state index in [1.54, 1.807) is 0 Å². The minimum absolute atomic E-state index is 0.0505. The van der Waals surface area contributed by atoms with Gasteiger partial charge in [-0.25, -0.2) is 0 Å². The van der Waals surface area contributed by atoms with Gasteiger partial charge in [0, 0.05) is 16.1 Å². The number of benzene rings is 1. The van der Waals surface area contributed by atoms with Crippen LogP contribution in [0.4, 0.5) is 0 Å². The van der Waals surface area contributed by atoms with Gasteiger partial charge in [-0.05, 0) is 23.7 Å². The second-order valence-electron chi connectivity index (χ2n) is 2.86. The van der Waals surface area contributed by atoms with E-state index in [2.05, 4.69) is 21.1 Å². The van der Waals surface area contributed by atoms with Crippen molar-refractivity contribution in [2.24, 2.45) is 0 Å². The molecule has 0 saturated heterocycles. The Bertz CT molecular complexity index is 492. The third-order valence-corrected chi connectivity index (χ3v) is 2.56. The van der Waals surface area contributed by atoms with Crippen LogP contribution < -0.4 is 0 Å². The van der Waals surface area contributed by atoms with Crippen LogP contribution in [0.1, 0.15) is 10.6 Å². The molecular weight excluding hydrogens is 281 g/mol. The first-order valence-corrected chi connectivity index (χ1v) is 5.26. The summed E-state index contributed by atoms with van der Waals surface area (Å²) in [6.45, 7) is 0. The third kappa shape index (κ3) is 2.27. The molecule has 1 aromatic heterocycles. The standard InChI is InChI=1S/C10H5BrClNO2/c11-7-3-1-6(2-4-7)8-5-9(10(12)14)15-13-8/h1-5H. The first kappa shape index (κ1) is 10.4. The Kier molecular flexibility index (Phi) is 2.88. The average Bonchev–Trinajstić information content (AvgIpc) is 2.68. The van der Waals surface area contributed by atoms with Crippen LogP contribution in [0.3, 0.4) is 0 Å². The van der Waals surface area contributed by atoms with Crippen molar-refractivity contribution in [3.8, 4) is 11.3 Å². The van der Waals surface area contributed by atoms with Crippen LogP contribution in [0.25, 0.3) is 11.3 Å². The Hall–Kier alpha value is -1.13. The Labute approximate surface area is 99.2 Å². The average molecular weight is 287 g/mol. The number of nitrogens with zero attached hydrogens (tertiary/aromatic N) is 1. The third-order valence-electron chi connectivity index (χ3n) is 1.84. The lowest BCUT2D eigenvalue weighted by Gasteiger charge is -1.94. The molecular formula is C10H5BrClNO2. The number of carbonyl (C=O) groups excluding carboxylic acids is 1. The highest BCUT2D eigenvalue weighted by molar-refractivity contribution is 9.10. The van der Waals surface area contributed by atoms with E-state index < -0.39 is 5.24 Å². The molecule has 0 spiro atoms. The molecule has 1 aromatic carbocycles. The first-order valence-electron chi connectivity index (χ1n) is 4.09. The number of carbonyl (C=O) groups is 1. The normalized spacial score (nSPS) is 10.3. The van der Waals surface area contributed by atoms with Gasteiger partial charge in [-0.2, -0.15) is 0 Å². The van der Waals surface area contributed by atoms with Crippen LogP contribution in [-0.2, 0) is 0 Å². The van der Waals surface area contributed by atoms with Gasteiger partial charge in [0.05, 0.1) is 0 Å². The molecule has 0 bridgehead atoms. The molecule has 2 aromatic rings. The molecule has 3 nitrogen and oxygen atoms in total. The zero-order valence-corrected chi connectivity index (χ0v) is 9.75. The molecule has 0 aliphatic heterocycles. The minimum atomic E-state index is -0.647. The van der Waals surface area contributed by atoms with Crippen molar-refractivity contribution in [2.75, 3.05) is 0 Å². The molecule has 76 valence electrons. The number of halogens is 2. The van der Waals surface area contributed by atoms with E-state index in [4.69, 9.17) is 16.1 Å². The Balaban J connectivity index is 2.37. The van der Waals surface area contributed by atoms with Crippen molar-refractivity contribution in [3.63, 3.8) is 0 Å². The van der Waals surface area contributed by atoms with Crippen LogP contribution >= 0.6 is 27.5 Å². The molecule has 0 aliphatic rings. The van der Waals surface area contributed by atoms with E-state index >= 15 is 0 Å². The van der Waals surface area contributed by atoms with Crippen LogP contribution in [0.2, 0.25) is 0 Å². The maximum absolute atomic E-state index is 10.8. The topological polar surface area (TPSA) is 43.1 Å². The molecule has 1 heterocycles. The highest BCUT2D eigenvalue weighted by Gasteiger charge is 2.11. The fourth-order valence-electron chi connectivity index (χ4n) is 1.12. The fourth-order valence-corrected chi connectivity index (χ4v) is 1.48. The zero-order valence-electron chi connectivity index (χ0n) is 7.41. The van der Waals surface area contributed by atoms with Gasteiger partial charge < -0.3 is 4.52 Å². The van der Waals surface area contributed by atoms with Gasteiger partial charge in [0.2, 0.25) is 5.76 Å². The maximum atomic E-state index is 10.8. The summed E-state index contributed by atoms with van der Waals surface area (Å²) >= 11 is 8.58. The van der Waals surface area contributed by atoms with Gasteiger partial charge in [0.1, 0.15) is 5.69 Å². The summed E-state index contributed by atoms with van der Waals surface area (Å²) in [6, 6.07) is 9.01. The van der Waals surface area contributed by atoms with E-state index in [0.29, 0.717) is 5.69 Å². The summed E-state index contributed by atoms with van der Waals surface area (Å²) in [6.07, 6.45) is 0. The monoisotopic (exact) mass is 285 g/mol. The van der Waals surface area contributed by atoms with Crippen molar-refractivity contribution < 1.29 is 9.32 Å². The van der Waals surface area contributed by atoms with Gasteiger partial charge in [0.25, 0.3) is 5.24 Å². The lowest BCUT2D eigenvalue weighted by molar-refractivity contribution is 0.104. The van der Waals surface area contributed by atoms with E-state index in [0.717, 1.165) is 10.0 Å². The zero-order chi connectivity index (χ0) is 10.8. The van der Waals surface area contributed by atoms with Crippen molar-refractivity contribution in [1.29, 1.82) is 0 Å². The highest BCUT2D eigenvalue weighted by Crippen LogP contribution is 2.21. The van der Waals surface area contributed by atoms with Crippen molar-refractivity contribution >= 4 is 32.8 Å². The summed E-state index contributed by atoms with van der Waals surface area (Å²) in [7, 11) is 0. The Morgan fingerprint density at radius 3 is 2.53 bits per heavy atom. The molecule has 0 fully saturated rings. The smallest absolute Gasteiger partial charge is 0.290 e. The molecule has 5 heteroatoms. The molecule has 0 unspecified atom stereocenters. The summed E-state index contributed by atoms with van der Waals surface area (Å²) in [4.78, 5) is 10.8. The van der Waals surface area contributed by atoms with Gasteiger partial charge in [-0.3, -0.25) is 4.79 Å². The molecule has 0 aliphatic carbocycles. The largest absolute Gasteiger partial charge is 0.351 e. The predicted molar refractivity (Wildman–Crippen MR) is 59.8 cm³/mol. The molecule has 2 rings (SSSR count). The fraction of sp³-hybridized carbons (Fsp3) is 0. The Morgan fingerprint density at radius 2 is 2.00 bits per heavy atom. The molecule has 0 radical (unpaired) electrons. The van der Waals surface area contributed by atoms with E-state index in [-0.39, 0.29) is 5.76 Å². The Morgan fingerprint density at radius 1 is 1.33 bits per heavy atom. The lowest BCUT2D eigenvalue weighted by Crippen LogP contribution is -1.81. The van der Waals surface area contributed by atoms with Gasteiger partial charge in [-0.15, -0.1) is 0 Å². The summed E-state index contributed by atoms with van der Waals surface area (Å²) < 4.78 is 5.74. The van der Waals surface area contributed by atoms with E-state index in [1.165, 1.54) is 6.07 Å². The van der Waals surface area contributed by atoms with Gasteiger partial charge in [0.15, 0.2) is 0 Å². The van der Waals surface area contributed by atoms with E-state index in [9.17, 15) is 4.79 Å². The van der Waals surface area contributed by atoms with E-state index in [1.807, 2.05) is 24.3 Å². The summed E-state index contributed by atoms with van der Waals surface area (Å²) in [5, 5.41) is 3.09. The molecule has 0 N–H and O–H groups in total. The van der Waals surface area contributed by atoms with Gasteiger partial charge in [-0.1, -0.05) is 33.2 Å². The minimum Gasteiger partial charge on any atom is -0.351 e. The molecule has 0 atom stereocenters. The quantitative estimate of drug-likeness (QED) is 0.794. The SMILES string of the molecule is O=C(Cl)c1cc(-c2ccc(Br)cc2)no1. The summed E-state index contributed by atoms with van der Waals surface area (Å²) in [5.41, 5.74) is 1.46. The molecule has 0 saturated carbocycles. The number of aromatic nitrogens is 1. The van der Waals surface area contributed by atoms with Crippen molar-refractivity contribution in [3.05, 3.63) is 40.6 Å². The second-order valence-corrected chi connectivity index (χ2v) is 4.12. The molecule has 0 amide bonds. The van der Waals surface area contributed by atoms with Crippen molar-refractivity contribution in [1.82, 2.24) is 5.16 Å². The van der Waals surface area contributed by atoms with Crippen LogP contribution in [0.15, 0.2) is 39.3 Å². The van der Waals surface area contributed by atoms with Crippen LogP contribution in [0, 0.1) is 0 Å². The highest BCUT2D eigenvalue weighted by atomic mass is 79.9. The molecule has 15 heavy (non-hydrogen) atoms. The second kappa shape index (κ2) is 4.16. The maximum Gasteiger partial charge on any atom is 0.290 e. The lowest BCUT2D eigenvalue weighted by atomic mass is 10.1. The number of hydrogen-bond donors (Lipinski definition) is 0. The van der Waals surface area contributed by atoms with Crippen LogP contribution in [-0.4, -0.2) is 10.4 Å². The first-order chi connectivity index (χ1) is 7.16. The van der Waals surface area contributed by atoms with Crippen LogP contribution in [0.5, 0.6) is 0 Å². The van der Waals surface area contributed by atoms with Crippen molar-refractivity contribution in [2.45, 2.75) is 0 Å². The summed E-state index contributed by atoms with van der Waals surface area (Å²) in [5.74, 6) is 0.0505. The number of rotatable bonds is 2. The predicted octanol–water partition coefficient (Wildman–Crippen LogP) is 3.48.